The molecule has 1 amide bonds. The molecule has 1 fully saturated rings. The van der Waals surface area contributed by atoms with E-state index in [9.17, 15) is 9.59 Å². The highest BCUT2D eigenvalue weighted by Crippen LogP contribution is 2.26. The monoisotopic (exact) mass is 360 g/mol. The van der Waals surface area contributed by atoms with Crippen LogP contribution in [-0.4, -0.2) is 21.6 Å². The first kappa shape index (κ1) is 17.8. The van der Waals surface area contributed by atoms with Gasteiger partial charge in [-0.25, -0.2) is 10.4 Å². The summed E-state index contributed by atoms with van der Waals surface area (Å²) in [6.45, 7) is 8.18. The van der Waals surface area contributed by atoms with E-state index < -0.39 is 0 Å². The first-order valence-corrected chi connectivity index (χ1v) is 9.53. The van der Waals surface area contributed by atoms with Gasteiger partial charge in [0.05, 0.1) is 11.8 Å². The van der Waals surface area contributed by atoms with Crippen molar-refractivity contribution < 1.29 is 4.79 Å². The third-order valence-electron chi connectivity index (χ3n) is 5.01. The van der Waals surface area contributed by atoms with Crippen LogP contribution in [0.2, 0.25) is 0 Å². The number of hydrogen-bond acceptors (Lipinski definition) is 5. The maximum absolute atomic E-state index is 12.3. The number of nitrogens with one attached hydrogen (secondary N) is 2. The van der Waals surface area contributed by atoms with Gasteiger partial charge in [0.2, 0.25) is 5.91 Å². The number of aromatic nitrogens is 2. The molecule has 2 N–H and O–H groups in total. The summed E-state index contributed by atoms with van der Waals surface area (Å²) < 4.78 is 0. The number of carbonyl (C=O) groups is 1. The number of aryl methyl sites for hydroxylation is 2. The van der Waals surface area contributed by atoms with Crippen LogP contribution in [0.3, 0.4) is 0 Å². The molecule has 1 saturated carbocycles. The van der Waals surface area contributed by atoms with E-state index in [4.69, 9.17) is 0 Å². The highest BCUT2D eigenvalue weighted by atomic mass is 32.1. The smallest absolute Gasteiger partial charge is 0.259 e. The molecule has 1 aliphatic carbocycles. The van der Waals surface area contributed by atoms with Gasteiger partial charge in [-0.2, -0.15) is 5.10 Å². The van der Waals surface area contributed by atoms with Crippen molar-refractivity contribution in [2.24, 2.45) is 16.9 Å². The van der Waals surface area contributed by atoms with Crippen molar-refractivity contribution in [3.05, 3.63) is 26.6 Å². The van der Waals surface area contributed by atoms with Crippen LogP contribution < -0.4 is 11.0 Å². The van der Waals surface area contributed by atoms with Crippen molar-refractivity contribution in [2.45, 2.75) is 53.4 Å². The minimum Gasteiger partial charge on any atom is -0.309 e. The van der Waals surface area contributed by atoms with Gasteiger partial charge in [-0.3, -0.25) is 9.59 Å². The summed E-state index contributed by atoms with van der Waals surface area (Å²) in [4.78, 5) is 33.4. The van der Waals surface area contributed by atoms with Crippen LogP contribution in [0.1, 0.15) is 49.4 Å². The number of rotatable bonds is 3. The van der Waals surface area contributed by atoms with Gasteiger partial charge in [0.25, 0.3) is 5.56 Å². The van der Waals surface area contributed by atoms with Crippen molar-refractivity contribution in [3.63, 3.8) is 0 Å². The van der Waals surface area contributed by atoms with E-state index in [1.165, 1.54) is 17.8 Å². The summed E-state index contributed by atoms with van der Waals surface area (Å²) >= 11 is 1.48. The largest absolute Gasteiger partial charge is 0.309 e. The fourth-order valence-electron chi connectivity index (χ4n) is 3.43. The maximum atomic E-state index is 12.3. The molecular formula is C18H24N4O2S. The quantitative estimate of drug-likeness (QED) is 0.825. The van der Waals surface area contributed by atoms with Crippen molar-refractivity contribution in [1.29, 1.82) is 0 Å². The first-order chi connectivity index (χ1) is 11.9. The summed E-state index contributed by atoms with van der Waals surface area (Å²) in [6, 6.07) is 0. The molecule has 0 saturated heterocycles. The van der Waals surface area contributed by atoms with Crippen molar-refractivity contribution in [3.8, 4) is 0 Å². The lowest BCUT2D eigenvalue weighted by Gasteiger charge is -2.26. The number of hydrazone groups is 1. The molecule has 2 atom stereocenters. The molecule has 0 spiro atoms. The molecule has 0 bridgehead atoms. The Morgan fingerprint density at radius 2 is 2.00 bits per heavy atom. The second-order valence-corrected chi connectivity index (χ2v) is 8.16. The Kier molecular flexibility index (Phi) is 5.03. The van der Waals surface area contributed by atoms with Crippen LogP contribution >= 0.6 is 11.3 Å². The van der Waals surface area contributed by atoms with Crippen LogP contribution in [-0.2, 0) is 11.2 Å². The molecule has 7 heteroatoms. The lowest BCUT2D eigenvalue weighted by Crippen LogP contribution is -2.30. The summed E-state index contributed by atoms with van der Waals surface area (Å²) in [5.74, 6) is 0.914. The normalized spacial score (nSPS) is 20.7. The Labute approximate surface area is 150 Å². The zero-order valence-electron chi connectivity index (χ0n) is 15.1. The standard InChI is InChI=1S/C18H24N4O2S/c1-9-6-5-7-10(2)16(9)22-21-14(23)8-13-19-17(24)15-11(3)12(4)25-18(15)20-13/h9-10H,5-8H2,1-4H3,(H,21,23)(H,19,20,24)/t9-,10-/m0/s1. The van der Waals surface area contributed by atoms with Crippen LogP contribution in [0.25, 0.3) is 10.2 Å². The average molecular weight is 360 g/mol. The van der Waals surface area contributed by atoms with Crippen LogP contribution in [0.15, 0.2) is 9.90 Å². The Morgan fingerprint density at radius 1 is 1.32 bits per heavy atom. The fourth-order valence-corrected chi connectivity index (χ4v) is 4.48. The molecule has 25 heavy (non-hydrogen) atoms. The van der Waals surface area contributed by atoms with Gasteiger partial charge in [0.1, 0.15) is 10.7 Å². The predicted molar refractivity (Wildman–Crippen MR) is 101 cm³/mol. The second-order valence-electron chi connectivity index (χ2n) is 6.96. The molecule has 1 aliphatic rings. The third-order valence-corrected chi connectivity index (χ3v) is 6.11. The number of amides is 1. The van der Waals surface area contributed by atoms with Gasteiger partial charge in [0, 0.05) is 10.6 Å². The van der Waals surface area contributed by atoms with Crippen LogP contribution in [0.4, 0.5) is 0 Å². The number of hydrogen-bond donors (Lipinski definition) is 2. The van der Waals surface area contributed by atoms with E-state index in [0.29, 0.717) is 27.9 Å². The van der Waals surface area contributed by atoms with E-state index in [-0.39, 0.29) is 17.9 Å². The number of H-pyrrole nitrogens is 1. The van der Waals surface area contributed by atoms with Gasteiger partial charge in [-0.05, 0) is 44.1 Å². The van der Waals surface area contributed by atoms with Gasteiger partial charge >= 0.3 is 0 Å². The summed E-state index contributed by atoms with van der Waals surface area (Å²) in [5.41, 5.74) is 4.46. The minimum absolute atomic E-state index is 0.0146. The molecule has 2 aromatic heterocycles. The van der Waals surface area contributed by atoms with Crippen LogP contribution in [0, 0.1) is 25.7 Å². The fraction of sp³-hybridized carbons (Fsp3) is 0.556. The number of thiophene rings is 1. The molecule has 134 valence electrons. The molecule has 0 radical (unpaired) electrons. The molecule has 3 rings (SSSR count). The highest BCUT2D eigenvalue weighted by Gasteiger charge is 2.23. The Hall–Kier alpha value is -2.02. The van der Waals surface area contributed by atoms with Gasteiger partial charge in [-0.1, -0.05) is 20.3 Å². The lowest BCUT2D eigenvalue weighted by molar-refractivity contribution is -0.120. The molecule has 6 nitrogen and oxygen atoms in total. The van der Waals surface area contributed by atoms with E-state index in [1.54, 1.807) is 0 Å². The number of fused-ring (bicyclic) bond motifs is 1. The van der Waals surface area contributed by atoms with Crippen molar-refractivity contribution in [2.75, 3.05) is 0 Å². The predicted octanol–water partition coefficient (Wildman–Crippen LogP) is 3.07. The first-order valence-electron chi connectivity index (χ1n) is 8.72. The summed E-state index contributed by atoms with van der Waals surface area (Å²) in [6.07, 6.45) is 3.45. The zero-order valence-corrected chi connectivity index (χ0v) is 15.9. The van der Waals surface area contributed by atoms with Gasteiger partial charge in [0.15, 0.2) is 0 Å². The molecular weight excluding hydrogens is 336 g/mol. The average Bonchev–Trinajstić information content (AvgIpc) is 2.81. The Bertz CT molecular complexity index is 884. The van der Waals surface area contributed by atoms with E-state index in [1.807, 2.05) is 13.8 Å². The van der Waals surface area contributed by atoms with E-state index >= 15 is 0 Å². The molecule has 0 aliphatic heterocycles. The van der Waals surface area contributed by atoms with Gasteiger partial charge < -0.3 is 4.98 Å². The van der Waals surface area contributed by atoms with Crippen molar-refractivity contribution in [1.82, 2.24) is 15.4 Å². The lowest BCUT2D eigenvalue weighted by atomic mass is 9.81. The Morgan fingerprint density at radius 3 is 2.68 bits per heavy atom. The van der Waals surface area contributed by atoms with Gasteiger partial charge in [-0.15, -0.1) is 11.3 Å². The Balaban J connectivity index is 1.75. The SMILES string of the molecule is Cc1sc2nc(CC(=O)NN=C3[C@@H](C)CCC[C@@H]3C)[nH]c(=O)c2c1C. The highest BCUT2D eigenvalue weighted by molar-refractivity contribution is 7.18. The van der Waals surface area contributed by atoms with Crippen molar-refractivity contribution >= 4 is 33.2 Å². The third kappa shape index (κ3) is 3.66. The number of nitrogens with zero attached hydrogens (tertiary/aromatic N) is 2. The van der Waals surface area contributed by atoms with E-state index in [2.05, 4.69) is 34.3 Å². The molecule has 2 aromatic rings. The molecule has 0 aromatic carbocycles. The van der Waals surface area contributed by atoms with E-state index in [0.717, 1.165) is 29.0 Å². The number of aromatic amines is 1. The zero-order chi connectivity index (χ0) is 18.1. The number of carbonyl (C=O) groups excluding carboxylic acids is 1. The topological polar surface area (TPSA) is 87.2 Å². The second kappa shape index (κ2) is 7.07. The summed E-state index contributed by atoms with van der Waals surface area (Å²) in [5, 5.41) is 4.97. The molecule has 0 unspecified atom stereocenters. The maximum Gasteiger partial charge on any atom is 0.259 e. The molecule has 2 heterocycles. The minimum atomic E-state index is -0.259. The summed E-state index contributed by atoms with van der Waals surface area (Å²) in [7, 11) is 0. The van der Waals surface area contributed by atoms with Crippen LogP contribution in [0.5, 0.6) is 0 Å².